The van der Waals surface area contributed by atoms with Gasteiger partial charge in [-0.3, -0.25) is 0 Å². The van der Waals surface area contributed by atoms with E-state index < -0.39 is 0 Å². The van der Waals surface area contributed by atoms with Crippen LogP contribution in [0.4, 0.5) is 0 Å². The predicted octanol–water partition coefficient (Wildman–Crippen LogP) is 3.58. The Bertz CT molecular complexity index is 379. The van der Waals surface area contributed by atoms with Gasteiger partial charge >= 0.3 is 0 Å². The van der Waals surface area contributed by atoms with Crippen LogP contribution in [0, 0.1) is 12.3 Å². The van der Waals surface area contributed by atoms with Gasteiger partial charge in [0.05, 0.1) is 0 Å². The number of nitrogens with two attached hydrogens (primary N) is 1. The molecule has 0 fully saturated rings. The molecular formula is C17H30N2. The first-order valence-electron chi connectivity index (χ1n) is 7.26. The molecule has 0 aliphatic heterocycles. The molecular weight excluding hydrogens is 232 g/mol. The Morgan fingerprint density at radius 2 is 1.95 bits per heavy atom. The Morgan fingerprint density at radius 3 is 2.53 bits per heavy atom. The first kappa shape index (κ1) is 16.2. The molecule has 0 bridgehead atoms. The normalized spacial score (nSPS) is 13.8. The van der Waals surface area contributed by atoms with Gasteiger partial charge in [-0.05, 0) is 44.3 Å². The lowest BCUT2D eigenvalue weighted by atomic mass is 9.87. The molecule has 108 valence electrons. The number of nitrogens with zero attached hydrogens (tertiary/aromatic N) is 1. The summed E-state index contributed by atoms with van der Waals surface area (Å²) in [4.78, 5) is 2.36. The highest BCUT2D eigenvalue weighted by Gasteiger charge is 2.15. The zero-order chi connectivity index (χ0) is 14.5. The summed E-state index contributed by atoms with van der Waals surface area (Å²) >= 11 is 0. The summed E-state index contributed by atoms with van der Waals surface area (Å²) in [7, 11) is 2.17. The third-order valence-electron chi connectivity index (χ3n) is 3.29. The van der Waals surface area contributed by atoms with E-state index in [0.717, 1.165) is 25.9 Å². The number of hydrogen-bond donors (Lipinski definition) is 1. The van der Waals surface area contributed by atoms with Crippen molar-refractivity contribution in [3.8, 4) is 0 Å². The van der Waals surface area contributed by atoms with Crippen LogP contribution in [-0.2, 0) is 6.54 Å². The van der Waals surface area contributed by atoms with Crippen LogP contribution in [0.25, 0.3) is 0 Å². The summed E-state index contributed by atoms with van der Waals surface area (Å²) in [5.74, 6) is 0. The summed E-state index contributed by atoms with van der Waals surface area (Å²) in [6.45, 7) is 11.0. The molecule has 2 heteroatoms. The van der Waals surface area contributed by atoms with Crippen LogP contribution < -0.4 is 5.73 Å². The second-order valence-corrected chi connectivity index (χ2v) is 7.04. The molecule has 19 heavy (non-hydrogen) atoms. The van der Waals surface area contributed by atoms with E-state index in [4.69, 9.17) is 5.73 Å². The van der Waals surface area contributed by atoms with Crippen molar-refractivity contribution in [2.24, 2.45) is 11.1 Å². The van der Waals surface area contributed by atoms with E-state index in [2.05, 4.69) is 63.9 Å². The molecule has 0 aliphatic rings. The lowest BCUT2D eigenvalue weighted by Gasteiger charge is -2.25. The number of hydrogen-bond acceptors (Lipinski definition) is 2. The van der Waals surface area contributed by atoms with Gasteiger partial charge in [-0.25, -0.2) is 0 Å². The summed E-state index contributed by atoms with van der Waals surface area (Å²) in [6.07, 6.45) is 2.16. The van der Waals surface area contributed by atoms with E-state index in [1.165, 1.54) is 11.1 Å². The molecule has 0 radical (unpaired) electrons. The van der Waals surface area contributed by atoms with Crippen molar-refractivity contribution in [3.05, 3.63) is 35.4 Å². The molecule has 1 unspecified atom stereocenters. The van der Waals surface area contributed by atoms with E-state index in [0.29, 0.717) is 11.5 Å². The van der Waals surface area contributed by atoms with Crippen LogP contribution >= 0.6 is 0 Å². The van der Waals surface area contributed by atoms with Gasteiger partial charge in [0, 0.05) is 12.6 Å². The average molecular weight is 262 g/mol. The van der Waals surface area contributed by atoms with Gasteiger partial charge in [-0.2, -0.15) is 0 Å². The average Bonchev–Trinajstić information content (AvgIpc) is 2.24. The third-order valence-corrected chi connectivity index (χ3v) is 3.29. The SMILES string of the molecule is Cc1cccc(CN(C)CCC(N)CC(C)(C)C)c1. The van der Waals surface area contributed by atoms with E-state index in [-0.39, 0.29) is 0 Å². The molecule has 1 aromatic carbocycles. The molecule has 0 amide bonds. The van der Waals surface area contributed by atoms with Gasteiger partial charge in [0.1, 0.15) is 0 Å². The Kier molecular flexibility index (Phi) is 6.02. The third kappa shape index (κ3) is 7.34. The summed E-state index contributed by atoms with van der Waals surface area (Å²) in [5, 5.41) is 0. The van der Waals surface area contributed by atoms with E-state index in [1.54, 1.807) is 0 Å². The van der Waals surface area contributed by atoms with Gasteiger partial charge in [-0.15, -0.1) is 0 Å². The Hall–Kier alpha value is -0.860. The molecule has 1 rings (SSSR count). The van der Waals surface area contributed by atoms with Crippen molar-refractivity contribution in [2.45, 2.75) is 53.1 Å². The molecule has 0 aliphatic carbocycles. The summed E-state index contributed by atoms with van der Waals surface area (Å²) in [5.41, 5.74) is 9.24. The van der Waals surface area contributed by atoms with Gasteiger partial charge in [0.15, 0.2) is 0 Å². The van der Waals surface area contributed by atoms with Gasteiger partial charge in [0.25, 0.3) is 0 Å². The van der Waals surface area contributed by atoms with Crippen molar-refractivity contribution in [1.29, 1.82) is 0 Å². The maximum atomic E-state index is 6.20. The van der Waals surface area contributed by atoms with Gasteiger partial charge in [0.2, 0.25) is 0 Å². The fourth-order valence-corrected chi connectivity index (χ4v) is 2.48. The van der Waals surface area contributed by atoms with Crippen molar-refractivity contribution in [1.82, 2.24) is 4.90 Å². The highest BCUT2D eigenvalue weighted by Crippen LogP contribution is 2.21. The zero-order valence-corrected chi connectivity index (χ0v) is 13.2. The minimum atomic E-state index is 0.306. The van der Waals surface area contributed by atoms with Crippen molar-refractivity contribution < 1.29 is 0 Å². The first-order chi connectivity index (χ1) is 8.76. The summed E-state index contributed by atoms with van der Waals surface area (Å²) in [6, 6.07) is 9.02. The minimum Gasteiger partial charge on any atom is -0.328 e. The quantitative estimate of drug-likeness (QED) is 0.849. The molecule has 0 aromatic heterocycles. The highest BCUT2D eigenvalue weighted by molar-refractivity contribution is 5.21. The standard InChI is InChI=1S/C17H30N2/c1-14-7-6-8-15(11-14)13-19(5)10-9-16(18)12-17(2,3)4/h6-8,11,16H,9-10,12-13,18H2,1-5H3. The number of aryl methyl sites for hydroxylation is 1. The van der Waals surface area contributed by atoms with Crippen LogP contribution in [0.5, 0.6) is 0 Å². The van der Waals surface area contributed by atoms with Crippen LogP contribution in [0.15, 0.2) is 24.3 Å². The van der Waals surface area contributed by atoms with Crippen molar-refractivity contribution in [3.63, 3.8) is 0 Å². The molecule has 1 atom stereocenters. The maximum absolute atomic E-state index is 6.20. The number of benzene rings is 1. The fraction of sp³-hybridized carbons (Fsp3) is 0.647. The van der Waals surface area contributed by atoms with Gasteiger partial charge in [-0.1, -0.05) is 50.6 Å². The van der Waals surface area contributed by atoms with Crippen molar-refractivity contribution in [2.75, 3.05) is 13.6 Å². The molecule has 0 saturated carbocycles. The number of rotatable bonds is 6. The molecule has 2 nitrogen and oxygen atoms in total. The molecule has 0 spiro atoms. The maximum Gasteiger partial charge on any atom is 0.0230 e. The molecule has 1 aromatic rings. The van der Waals surface area contributed by atoms with Crippen LogP contribution in [0.3, 0.4) is 0 Å². The smallest absolute Gasteiger partial charge is 0.0230 e. The lowest BCUT2D eigenvalue weighted by Crippen LogP contribution is -2.31. The Labute approximate surface area is 119 Å². The fourth-order valence-electron chi connectivity index (χ4n) is 2.48. The highest BCUT2D eigenvalue weighted by atomic mass is 15.1. The largest absolute Gasteiger partial charge is 0.328 e. The van der Waals surface area contributed by atoms with Crippen LogP contribution in [0.2, 0.25) is 0 Å². The minimum absolute atomic E-state index is 0.306. The Morgan fingerprint density at radius 1 is 1.26 bits per heavy atom. The first-order valence-corrected chi connectivity index (χ1v) is 7.26. The Balaban J connectivity index is 2.34. The summed E-state index contributed by atoms with van der Waals surface area (Å²) < 4.78 is 0. The molecule has 0 heterocycles. The van der Waals surface area contributed by atoms with E-state index >= 15 is 0 Å². The topological polar surface area (TPSA) is 29.3 Å². The molecule has 2 N–H and O–H groups in total. The monoisotopic (exact) mass is 262 g/mol. The van der Waals surface area contributed by atoms with Crippen LogP contribution in [0.1, 0.15) is 44.7 Å². The molecule has 0 saturated heterocycles. The lowest BCUT2D eigenvalue weighted by molar-refractivity contribution is 0.278. The van der Waals surface area contributed by atoms with Crippen LogP contribution in [-0.4, -0.2) is 24.5 Å². The predicted molar refractivity (Wildman–Crippen MR) is 84.2 cm³/mol. The van der Waals surface area contributed by atoms with Gasteiger partial charge < -0.3 is 10.6 Å². The van der Waals surface area contributed by atoms with E-state index in [1.807, 2.05) is 0 Å². The zero-order valence-electron chi connectivity index (χ0n) is 13.2. The van der Waals surface area contributed by atoms with E-state index in [9.17, 15) is 0 Å². The second-order valence-electron chi connectivity index (χ2n) is 7.04. The second kappa shape index (κ2) is 7.06. The van der Waals surface area contributed by atoms with Crippen molar-refractivity contribution >= 4 is 0 Å².